The topological polar surface area (TPSA) is 43.9 Å². The quantitative estimate of drug-likeness (QED) is 0.561. The van der Waals surface area contributed by atoms with Gasteiger partial charge in [-0.2, -0.15) is 0 Å². The molecule has 2 aromatic carbocycles. The molecule has 0 fully saturated rings. The predicted molar refractivity (Wildman–Crippen MR) is 88.1 cm³/mol. The zero-order valence-corrected chi connectivity index (χ0v) is 12.5. The summed E-state index contributed by atoms with van der Waals surface area (Å²) in [6, 6.07) is 15.4. The van der Waals surface area contributed by atoms with E-state index in [4.69, 9.17) is 4.42 Å². The van der Waals surface area contributed by atoms with Crippen LogP contribution in [0.25, 0.3) is 22.4 Å². The molecule has 2 heterocycles. The Morgan fingerprint density at radius 1 is 1.04 bits per heavy atom. The molecule has 0 bridgehead atoms. The zero-order chi connectivity index (χ0) is 15.2. The molecule has 2 aromatic heterocycles. The van der Waals surface area contributed by atoms with Crippen molar-refractivity contribution < 1.29 is 4.42 Å². The summed E-state index contributed by atoms with van der Waals surface area (Å²) >= 11 is 0. The number of rotatable bonds is 2. The second-order valence-corrected chi connectivity index (χ2v) is 6.05. The maximum atomic E-state index is 5.42. The van der Waals surface area contributed by atoms with Crippen LogP contribution < -0.4 is 0 Å². The summed E-state index contributed by atoms with van der Waals surface area (Å²) in [5, 5.41) is 0. The molecule has 0 saturated heterocycles. The molecule has 0 spiro atoms. The smallest absolute Gasteiger partial charge is 0.181 e. The summed E-state index contributed by atoms with van der Waals surface area (Å²) in [5.41, 5.74) is 6.10. The van der Waals surface area contributed by atoms with Crippen molar-refractivity contribution in [2.45, 2.75) is 18.9 Å². The first-order valence-corrected chi connectivity index (χ1v) is 7.81. The Kier molecular flexibility index (Phi) is 2.65. The van der Waals surface area contributed by atoms with Gasteiger partial charge < -0.3 is 8.98 Å². The number of oxazole rings is 1. The summed E-state index contributed by atoms with van der Waals surface area (Å²) in [4.78, 5) is 8.57. The molecular formula is C19H15N3O. The summed E-state index contributed by atoms with van der Waals surface area (Å²) in [5.74, 6) is 0.786. The van der Waals surface area contributed by atoms with Crippen molar-refractivity contribution in [3.63, 3.8) is 0 Å². The summed E-state index contributed by atoms with van der Waals surface area (Å²) in [7, 11) is 0. The number of hydrogen-bond donors (Lipinski definition) is 0. The standard InChI is InChI=1S/C19H15N3O/c1-2-4-14-8-16(7-13(14)3-1)22-11-21-17-6-5-15(9-18(17)22)19-10-20-12-23-19/h1-6,9-12,16H,7-8H2. The van der Waals surface area contributed by atoms with Gasteiger partial charge in [-0.3, -0.25) is 0 Å². The molecule has 4 nitrogen and oxygen atoms in total. The van der Waals surface area contributed by atoms with Gasteiger partial charge >= 0.3 is 0 Å². The maximum absolute atomic E-state index is 5.42. The normalized spacial score (nSPS) is 14.4. The Morgan fingerprint density at radius 3 is 2.61 bits per heavy atom. The van der Waals surface area contributed by atoms with Crippen LogP contribution in [0.2, 0.25) is 0 Å². The van der Waals surface area contributed by atoms with Crippen LogP contribution in [0.3, 0.4) is 0 Å². The van der Waals surface area contributed by atoms with E-state index >= 15 is 0 Å². The number of imidazole rings is 1. The fourth-order valence-corrected chi connectivity index (χ4v) is 3.56. The maximum Gasteiger partial charge on any atom is 0.181 e. The van der Waals surface area contributed by atoms with Gasteiger partial charge in [0.1, 0.15) is 0 Å². The Labute approximate surface area is 133 Å². The highest BCUT2D eigenvalue weighted by Crippen LogP contribution is 2.33. The van der Waals surface area contributed by atoms with Crippen LogP contribution in [0, 0.1) is 0 Å². The molecule has 112 valence electrons. The molecule has 5 rings (SSSR count). The van der Waals surface area contributed by atoms with Gasteiger partial charge in [0.2, 0.25) is 0 Å². The number of aromatic nitrogens is 3. The number of nitrogens with zero attached hydrogens (tertiary/aromatic N) is 3. The van der Waals surface area contributed by atoms with Crippen LogP contribution in [0.1, 0.15) is 17.2 Å². The molecule has 4 aromatic rings. The number of hydrogen-bond acceptors (Lipinski definition) is 3. The van der Waals surface area contributed by atoms with Crippen LogP contribution in [0.4, 0.5) is 0 Å². The van der Waals surface area contributed by atoms with E-state index < -0.39 is 0 Å². The fourth-order valence-electron chi connectivity index (χ4n) is 3.56. The highest BCUT2D eigenvalue weighted by molar-refractivity contribution is 5.81. The van der Waals surface area contributed by atoms with Gasteiger partial charge in [0, 0.05) is 11.6 Å². The van der Waals surface area contributed by atoms with E-state index in [9.17, 15) is 0 Å². The van der Waals surface area contributed by atoms with Gasteiger partial charge in [-0.1, -0.05) is 24.3 Å². The predicted octanol–water partition coefficient (Wildman–Crippen LogP) is 4.03. The van der Waals surface area contributed by atoms with E-state index in [0.29, 0.717) is 6.04 Å². The summed E-state index contributed by atoms with van der Waals surface area (Å²) < 4.78 is 7.72. The SMILES string of the molecule is c1ccc2c(c1)CC(n1cnc3ccc(-c4cnco4)cc31)C2. The lowest BCUT2D eigenvalue weighted by Crippen LogP contribution is -2.07. The minimum Gasteiger partial charge on any atom is -0.444 e. The van der Waals surface area contributed by atoms with Crippen LogP contribution in [0.15, 0.2) is 65.8 Å². The van der Waals surface area contributed by atoms with Crippen LogP contribution >= 0.6 is 0 Å². The minimum atomic E-state index is 0.433. The van der Waals surface area contributed by atoms with Crippen molar-refractivity contribution in [2.75, 3.05) is 0 Å². The Morgan fingerprint density at radius 2 is 1.87 bits per heavy atom. The molecule has 4 heteroatoms. The second kappa shape index (κ2) is 4.81. The van der Waals surface area contributed by atoms with E-state index in [2.05, 4.69) is 44.9 Å². The lowest BCUT2D eigenvalue weighted by molar-refractivity contribution is 0.543. The van der Waals surface area contributed by atoms with Crippen LogP contribution in [0.5, 0.6) is 0 Å². The fraction of sp³-hybridized carbons (Fsp3) is 0.158. The van der Waals surface area contributed by atoms with Gasteiger partial charge in [0.05, 0.1) is 23.6 Å². The zero-order valence-electron chi connectivity index (χ0n) is 12.5. The molecule has 0 unspecified atom stereocenters. The average Bonchev–Trinajstić information content (AvgIpc) is 3.32. The molecule has 1 aliphatic rings. The summed E-state index contributed by atoms with van der Waals surface area (Å²) in [6.45, 7) is 0. The van der Waals surface area contributed by atoms with Crippen LogP contribution in [-0.2, 0) is 12.8 Å². The lowest BCUT2D eigenvalue weighted by atomic mass is 10.1. The van der Waals surface area contributed by atoms with Crippen molar-refractivity contribution in [1.29, 1.82) is 0 Å². The molecule has 0 radical (unpaired) electrons. The van der Waals surface area contributed by atoms with E-state index in [1.54, 1.807) is 6.20 Å². The largest absolute Gasteiger partial charge is 0.444 e. The third-order valence-corrected chi connectivity index (χ3v) is 4.71. The summed E-state index contributed by atoms with van der Waals surface area (Å²) in [6.07, 6.45) is 7.30. The number of benzene rings is 2. The molecular weight excluding hydrogens is 286 g/mol. The van der Waals surface area contributed by atoms with Crippen LogP contribution in [-0.4, -0.2) is 14.5 Å². The van der Waals surface area contributed by atoms with Crippen molar-refractivity contribution in [3.05, 3.63) is 72.5 Å². The van der Waals surface area contributed by atoms with Gasteiger partial charge in [-0.05, 0) is 42.2 Å². The van der Waals surface area contributed by atoms with Crippen molar-refractivity contribution in [3.8, 4) is 11.3 Å². The minimum absolute atomic E-state index is 0.433. The third-order valence-electron chi connectivity index (χ3n) is 4.71. The van der Waals surface area contributed by atoms with Gasteiger partial charge in [-0.25, -0.2) is 9.97 Å². The van der Waals surface area contributed by atoms with E-state index in [-0.39, 0.29) is 0 Å². The van der Waals surface area contributed by atoms with Crippen molar-refractivity contribution in [1.82, 2.24) is 14.5 Å². The molecule has 0 amide bonds. The molecule has 23 heavy (non-hydrogen) atoms. The van der Waals surface area contributed by atoms with Crippen molar-refractivity contribution >= 4 is 11.0 Å². The lowest BCUT2D eigenvalue weighted by Gasteiger charge is -2.12. The third kappa shape index (κ3) is 1.99. The van der Waals surface area contributed by atoms with E-state index in [1.807, 2.05) is 18.5 Å². The molecule has 0 aliphatic heterocycles. The van der Waals surface area contributed by atoms with Gasteiger partial charge in [0.15, 0.2) is 12.2 Å². The van der Waals surface area contributed by atoms with Crippen molar-refractivity contribution in [2.24, 2.45) is 0 Å². The first-order valence-electron chi connectivity index (χ1n) is 7.81. The Bertz CT molecular complexity index is 960. The van der Waals surface area contributed by atoms with Gasteiger partial charge in [0.25, 0.3) is 0 Å². The second-order valence-electron chi connectivity index (χ2n) is 6.05. The molecule has 0 saturated carbocycles. The number of fused-ring (bicyclic) bond motifs is 2. The Balaban J connectivity index is 1.59. The first-order chi connectivity index (χ1) is 11.4. The molecule has 0 atom stereocenters. The monoisotopic (exact) mass is 301 g/mol. The first kappa shape index (κ1) is 12.6. The van der Waals surface area contributed by atoms with E-state index in [0.717, 1.165) is 35.2 Å². The van der Waals surface area contributed by atoms with E-state index in [1.165, 1.54) is 17.5 Å². The van der Waals surface area contributed by atoms with Gasteiger partial charge in [-0.15, -0.1) is 0 Å². The highest BCUT2D eigenvalue weighted by Gasteiger charge is 2.23. The molecule has 1 aliphatic carbocycles. The average molecular weight is 301 g/mol. The Hall–Kier alpha value is -2.88. The molecule has 0 N–H and O–H groups in total. The highest BCUT2D eigenvalue weighted by atomic mass is 16.3.